The third-order valence-corrected chi connectivity index (χ3v) is 6.20. The Labute approximate surface area is 163 Å². The number of nitrogens with two attached hydrogens (primary N) is 1. The van der Waals surface area contributed by atoms with Gasteiger partial charge in [0.05, 0.1) is 16.7 Å². The molecule has 140 valence electrons. The molecule has 0 unspecified atom stereocenters. The fourth-order valence-electron chi connectivity index (χ4n) is 2.36. The first-order valence-corrected chi connectivity index (χ1v) is 11.0. The Hall–Kier alpha value is -1.54. The van der Waals surface area contributed by atoms with E-state index in [1.807, 2.05) is 31.2 Å². The second kappa shape index (κ2) is 8.90. The highest BCUT2D eigenvalue weighted by Crippen LogP contribution is 2.22. The van der Waals surface area contributed by atoms with Gasteiger partial charge in [-0.15, -0.1) is 11.8 Å². The van der Waals surface area contributed by atoms with E-state index in [1.165, 1.54) is 23.9 Å². The number of amides is 1. The zero-order valence-electron chi connectivity index (χ0n) is 14.6. The lowest BCUT2D eigenvalue weighted by molar-refractivity contribution is -0.128. The van der Waals surface area contributed by atoms with E-state index < -0.39 is 10.0 Å². The predicted octanol–water partition coefficient (Wildman–Crippen LogP) is 3.44. The minimum Gasteiger partial charge on any atom is -0.338 e. The average molecular weight is 413 g/mol. The van der Waals surface area contributed by atoms with Crippen LogP contribution in [0, 0.1) is 0 Å². The van der Waals surface area contributed by atoms with Gasteiger partial charge in [0.15, 0.2) is 0 Å². The molecule has 26 heavy (non-hydrogen) atoms. The molecule has 0 aliphatic carbocycles. The van der Waals surface area contributed by atoms with Crippen LogP contribution in [0.4, 0.5) is 0 Å². The molecule has 2 rings (SSSR count). The van der Waals surface area contributed by atoms with Crippen molar-refractivity contribution in [3.63, 3.8) is 0 Å². The molecule has 0 radical (unpaired) electrons. The van der Waals surface area contributed by atoms with Gasteiger partial charge in [-0.2, -0.15) is 0 Å². The minimum absolute atomic E-state index is 0.0000472. The first-order valence-electron chi connectivity index (χ1n) is 7.89. The zero-order chi connectivity index (χ0) is 19.3. The Morgan fingerprint density at radius 1 is 1.23 bits per heavy atom. The summed E-state index contributed by atoms with van der Waals surface area (Å²) in [6.45, 7) is 1.89. The minimum atomic E-state index is -3.72. The van der Waals surface area contributed by atoms with Gasteiger partial charge in [0, 0.05) is 17.8 Å². The topological polar surface area (TPSA) is 80.5 Å². The number of thioether (sulfide) groups is 1. The maximum atomic E-state index is 12.4. The zero-order valence-corrected chi connectivity index (χ0v) is 16.9. The summed E-state index contributed by atoms with van der Waals surface area (Å²) in [5, 5.41) is 5.78. The molecule has 0 saturated heterocycles. The van der Waals surface area contributed by atoms with Gasteiger partial charge >= 0.3 is 0 Å². The molecular weight excluding hydrogens is 392 g/mol. The van der Waals surface area contributed by atoms with E-state index in [1.54, 1.807) is 24.1 Å². The van der Waals surface area contributed by atoms with Crippen LogP contribution in [0.3, 0.4) is 0 Å². The van der Waals surface area contributed by atoms with Gasteiger partial charge in [-0.05, 0) is 42.3 Å². The third kappa shape index (κ3) is 5.74. The van der Waals surface area contributed by atoms with Crippen LogP contribution in [0.5, 0.6) is 0 Å². The van der Waals surface area contributed by atoms with E-state index in [-0.39, 0.29) is 16.8 Å². The van der Waals surface area contributed by atoms with Crippen molar-refractivity contribution in [1.82, 2.24) is 4.90 Å². The number of benzene rings is 2. The molecule has 2 aromatic carbocycles. The Morgan fingerprint density at radius 2 is 1.88 bits per heavy atom. The molecule has 0 saturated carbocycles. The Balaban J connectivity index is 1.92. The van der Waals surface area contributed by atoms with Crippen LogP contribution in [0.2, 0.25) is 5.02 Å². The Morgan fingerprint density at radius 3 is 2.46 bits per heavy atom. The second-order valence-electron chi connectivity index (χ2n) is 5.92. The highest BCUT2D eigenvalue weighted by Gasteiger charge is 2.18. The van der Waals surface area contributed by atoms with E-state index in [9.17, 15) is 13.2 Å². The normalized spacial score (nSPS) is 12.6. The summed E-state index contributed by atoms with van der Waals surface area (Å²) < 4.78 is 22.6. The van der Waals surface area contributed by atoms with Crippen LogP contribution in [-0.4, -0.2) is 32.0 Å². The van der Waals surface area contributed by atoms with Crippen molar-refractivity contribution in [2.45, 2.75) is 23.6 Å². The molecule has 0 aromatic heterocycles. The van der Waals surface area contributed by atoms with Crippen LogP contribution >= 0.6 is 23.4 Å². The molecule has 2 aromatic rings. The summed E-state index contributed by atoms with van der Waals surface area (Å²) in [6.07, 6.45) is 0. The summed E-state index contributed by atoms with van der Waals surface area (Å²) in [4.78, 5) is 14.1. The van der Waals surface area contributed by atoms with E-state index in [4.69, 9.17) is 16.7 Å². The molecule has 1 atom stereocenters. The molecule has 0 spiro atoms. The largest absolute Gasteiger partial charge is 0.338 e. The Kier molecular flexibility index (Phi) is 7.11. The van der Waals surface area contributed by atoms with Gasteiger partial charge in [0.25, 0.3) is 0 Å². The van der Waals surface area contributed by atoms with E-state index >= 15 is 0 Å². The van der Waals surface area contributed by atoms with Crippen molar-refractivity contribution >= 4 is 39.3 Å². The van der Waals surface area contributed by atoms with Gasteiger partial charge in [0.2, 0.25) is 15.9 Å². The van der Waals surface area contributed by atoms with E-state index in [0.29, 0.717) is 16.5 Å². The van der Waals surface area contributed by atoms with Crippen molar-refractivity contribution in [2.75, 3.05) is 12.8 Å². The molecule has 1 amide bonds. The molecule has 0 bridgehead atoms. The first kappa shape index (κ1) is 20.8. The standard InChI is InChI=1S/C18H21ClN2O3S2/c1-13(15-6-8-17(9-7-15)26(20,23)24)21(2)18(22)12-25-11-14-4-3-5-16(19)10-14/h3-10,13H,11-12H2,1-2H3,(H2,20,23,24)/t13-/m1/s1. The van der Waals surface area contributed by atoms with Crippen LogP contribution in [-0.2, 0) is 20.6 Å². The average Bonchev–Trinajstić information content (AvgIpc) is 2.60. The molecular formula is C18H21ClN2O3S2. The fraction of sp³-hybridized carbons (Fsp3) is 0.278. The number of primary sulfonamides is 1. The summed E-state index contributed by atoms with van der Waals surface area (Å²) in [5.74, 6) is 1.06. The quantitative estimate of drug-likeness (QED) is 0.755. The lowest BCUT2D eigenvalue weighted by Gasteiger charge is -2.25. The van der Waals surface area contributed by atoms with Crippen LogP contribution < -0.4 is 5.14 Å². The van der Waals surface area contributed by atoms with Gasteiger partial charge in [0.1, 0.15) is 0 Å². The molecule has 0 aliphatic heterocycles. The monoisotopic (exact) mass is 412 g/mol. The number of carbonyl (C=O) groups is 1. The lowest BCUT2D eigenvalue weighted by Crippen LogP contribution is -2.31. The summed E-state index contributed by atoms with van der Waals surface area (Å²) in [6, 6.07) is 13.6. The number of rotatable bonds is 7. The molecule has 2 N–H and O–H groups in total. The summed E-state index contributed by atoms with van der Waals surface area (Å²) >= 11 is 7.48. The molecule has 0 fully saturated rings. The fourth-order valence-corrected chi connectivity index (χ4v) is 3.98. The highest BCUT2D eigenvalue weighted by molar-refractivity contribution is 7.99. The number of carbonyl (C=O) groups excluding carboxylic acids is 1. The van der Waals surface area contributed by atoms with Crippen molar-refractivity contribution in [2.24, 2.45) is 5.14 Å². The maximum Gasteiger partial charge on any atom is 0.238 e. The summed E-state index contributed by atoms with van der Waals surface area (Å²) in [7, 11) is -1.98. The number of hydrogen-bond donors (Lipinski definition) is 1. The van der Waals surface area contributed by atoms with Gasteiger partial charge < -0.3 is 4.90 Å². The second-order valence-corrected chi connectivity index (χ2v) is 8.90. The van der Waals surface area contributed by atoms with Gasteiger partial charge in [-0.3, -0.25) is 4.79 Å². The lowest BCUT2D eigenvalue weighted by atomic mass is 10.1. The number of nitrogens with zero attached hydrogens (tertiary/aromatic N) is 1. The van der Waals surface area contributed by atoms with E-state index in [2.05, 4.69) is 0 Å². The van der Waals surface area contributed by atoms with Crippen molar-refractivity contribution < 1.29 is 13.2 Å². The highest BCUT2D eigenvalue weighted by atomic mass is 35.5. The SMILES string of the molecule is C[C@H](c1ccc(S(N)(=O)=O)cc1)N(C)C(=O)CSCc1cccc(Cl)c1. The van der Waals surface area contributed by atoms with Crippen LogP contribution in [0.15, 0.2) is 53.4 Å². The third-order valence-electron chi connectivity index (χ3n) is 4.05. The summed E-state index contributed by atoms with van der Waals surface area (Å²) in [5.41, 5.74) is 1.91. The number of halogens is 1. The van der Waals surface area contributed by atoms with Crippen molar-refractivity contribution in [3.8, 4) is 0 Å². The molecule has 0 heterocycles. The predicted molar refractivity (Wildman–Crippen MR) is 107 cm³/mol. The van der Waals surface area contributed by atoms with Crippen LogP contribution in [0.1, 0.15) is 24.1 Å². The van der Waals surface area contributed by atoms with Crippen molar-refractivity contribution in [3.05, 3.63) is 64.7 Å². The molecule has 8 heteroatoms. The van der Waals surface area contributed by atoms with Gasteiger partial charge in [-0.1, -0.05) is 35.9 Å². The molecule has 5 nitrogen and oxygen atoms in total. The van der Waals surface area contributed by atoms with E-state index in [0.717, 1.165) is 11.1 Å². The Bertz CT molecular complexity index is 870. The van der Waals surface area contributed by atoms with Gasteiger partial charge in [-0.25, -0.2) is 13.6 Å². The smallest absolute Gasteiger partial charge is 0.238 e. The van der Waals surface area contributed by atoms with Crippen LogP contribution in [0.25, 0.3) is 0 Å². The van der Waals surface area contributed by atoms with Crippen molar-refractivity contribution in [1.29, 1.82) is 0 Å². The number of sulfonamides is 1. The number of hydrogen-bond acceptors (Lipinski definition) is 4. The molecule has 0 aliphatic rings. The maximum absolute atomic E-state index is 12.4. The first-order chi connectivity index (χ1) is 12.2.